The van der Waals surface area contributed by atoms with E-state index in [9.17, 15) is 18.0 Å². The molecule has 2 amide bonds. The summed E-state index contributed by atoms with van der Waals surface area (Å²) in [6.07, 6.45) is -2.99. The number of urea groups is 1. The lowest BCUT2D eigenvalue weighted by Gasteiger charge is -2.23. The molecule has 29 heavy (non-hydrogen) atoms. The van der Waals surface area contributed by atoms with Crippen molar-refractivity contribution in [3.63, 3.8) is 0 Å². The molecule has 0 spiro atoms. The topological polar surface area (TPSA) is 116 Å². The number of nitrogens with zero attached hydrogens (tertiary/aromatic N) is 2. The number of hydrogen-bond donors (Lipinski definition) is 4. The number of anilines is 1. The zero-order valence-corrected chi connectivity index (χ0v) is 16.2. The Kier molecular flexibility index (Phi) is 7.91. The summed E-state index contributed by atoms with van der Waals surface area (Å²) in [7, 11) is 0. The molecule has 1 aromatic heterocycles. The third kappa shape index (κ3) is 7.31. The first-order valence-corrected chi connectivity index (χ1v) is 9.46. The second-order valence-corrected chi connectivity index (χ2v) is 7.15. The van der Waals surface area contributed by atoms with E-state index >= 15 is 0 Å². The smallest absolute Gasteiger partial charge is 0.475 e. The molecule has 4 N–H and O–H groups in total. The van der Waals surface area contributed by atoms with Crippen molar-refractivity contribution in [1.29, 1.82) is 0 Å². The molecule has 0 bridgehead atoms. The van der Waals surface area contributed by atoms with Crippen LogP contribution in [0, 0.1) is 6.92 Å². The summed E-state index contributed by atoms with van der Waals surface area (Å²) in [6.45, 7) is 3.88. The van der Waals surface area contributed by atoms with Gasteiger partial charge in [0.15, 0.2) is 0 Å². The number of hydrogen-bond acceptors (Lipinski definition) is 6. The number of aromatic nitrogens is 2. The molecule has 8 nitrogen and oxygen atoms in total. The molecule has 1 fully saturated rings. The first-order chi connectivity index (χ1) is 13.7. The third-order valence-electron chi connectivity index (χ3n) is 3.90. The fourth-order valence-corrected chi connectivity index (χ4v) is 3.32. The SMILES string of the molecule is Cc1ccccc1-c1nnc(NC(=O)NC2CCCNC2)s1.O=C(O)C(F)(F)F. The van der Waals surface area contributed by atoms with E-state index < -0.39 is 12.1 Å². The van der Waals surface area contributed by atoms with Gasteiger partial charge >= 0.3 is 18.2 Å². The fourth-order valence-electron chi connectivity index (χ4n) is 2.49. The van der Waals surface area contributed by atoms with Crippen LogP contribution in [0.2, 0.25) is 0 Å². The van der Waals surface area contributed by atoms with Gasteiger partial charge in [0.05, 0.1) is 0 Å². The molecular formula is C17H20F3N5O3S. The summed E-state index contributed by atoms with van der Waals surface area (Å²) in [4.78, 5) is 20.9. The van der Waals surface area contributed by atoms with Gasteiger partial charge in [-0.2, -0.15) is 13.2 Å². The molecule has 1 saturated heterocycles. The van der Waals surface area contributed by atoms with E-state index in [4.69, 9.17) is 9.90 Å². The Balaban J connectivity index is 0.000000370. The number of benzene rings is 1. The highest BCUT2D eigenvalue weighted by Gasteiger charge is 2.38. The second kappa shape index (κ2) is 10.2. The van der Waals surface area contributed by atoms with Gasteiger partial charge in [-0.25, -0.2) is 9.59 Å². The van der Waals surface area contributed by atoms with Gasteiger partial charge in [0.2, 0.25) is 5.13 Å². The van der Waals surface area contributed by atoms with E-state index in [1.54, 1.807) is 0 Å². The van der Waals surface area contributed by atoms with E-state index in [0.29, 0.717) is 5.13 Å². The van der Waals surface area contributed by atoms with E-state index in [2.05, 4.69) is 26.1 Å². The van der Waals surface area contributed by atoms with E-state index in [0.717, 1.165) is 42.1 Å². The Morgan fingerprint density at radius 2 is 1.97 bits per heavy atom. The minimum absolute atomic E-state index is 0.178. The molecule has 0 radical (unpaired) electrons. The molecule has 1 aliphatic rings. The number of aliphatic carboxylic acids is 1. The van der Waals surface area contributed by atoms with Gasteiger partial charge in [-0.15, -0.1) is 10.2 Å². The highest BCUT2D eigenvalue weighted by molar-refractivity contribution is 7.18. The Hall–Kier alpha value is -2.73. The number of carbonyl (C=O) groups is 2. The van der Waals surface area contributed by atoms with Crippen LogP contribution in [0.3, 0.4) is 0 Å². The summed E-state index contributed by atoms with van der Waals surface area (Å²) in [5.41, 5.74) is 2.19. The fraction of sp³-hybridized carbons (Fsp3) is 0.412. The maximum atomic E-state index is 12.0. The molecule has 1 atom stereocenters. The van der Waals surface area contributed by atoms with E-state index in [-0.39, 0.29) is 12.1 Å². The minimum atomic E-state index is -5.08. The molecule has 3 rings (SSSR count). The van der Waals surface area contributed by atoms with Gasteiger partial charge in [0, 0.05) is 18.2 Å². The van der Waals surface area contributed by atoms with Crippen LogP contribution in [-0.2, 0) is 4.79 Å². The van der Waals surface area contributed by atoms with Gasteiger partial charge in [-0.05, 0) is 31.9 Å². The molecular weight excluding hydrogens is 411 g/mol. The zero-order chi connectivity index (χ0) is 21.4. The van der Waals surface area contributed by atoms with Crippen molar-refractivity contribution in [1.82, 2.24) is 20.8 Å². The van der Waals surface area contributed by atoms with Gasteiger partial charge in [0.25, 0.3) is 0 Å². The van der Waals surface area contributed by atoms with Crippen molar-refractivity contribution in [2.24, 2.45) is 0 Å². The van der Waals surface area contributed by atoms with Crippen LogP contribution < -0.4 is 16.0 Å². The number of nitrogens with one attached hydrogen (secondary N) is 3. The molecule has 1 aliphatic heterocycles. The van der Waals surface area contributed by atoms with Gasteiger partial charge in [0.1, 0.15) is 5.01 Å². The monoisotopic (exact) mass is 431 g/mol. The number of rotatable bonds is 3. The van der Waals surface area contributed by atoms with Gasteiger partial charge in [-0.3, -0.25) is 5.32 Å². The van der Waals surface area contributed by atoms with Crippen molar-refractivity contribution in [3.05, 3.63) is 29.8 Å². The number of carboxylic acid groups (broad SMARTS) is 1. The quantitative estimate of drug-likeness (QED) is 0.594. The van der Waals surface area contributed by atoms with Crippen LogP contribution in [-0.4, -0.2) is 52.6 Å². The van der Waals surface area contributed by atoms with Crippen molar-refractivity contribution in [3.8, 4) is 10.6 Å². The average Bonchev–Trinajstić information content (AvgIpc) is 3.10. The predicted octanol–water partition coefficient (Wildman–Crippen LogP) is 3.02. The summed E-state index contributed by atoms with van der Waals surface area (Å²) in [5, 5.41) is 25.6. The Morgan fingerprint density at radius 1 is 1.28 bits per heavy atom. The van der Waals surface area contributed by atoms with Crippen molar-refractivity contribution in [2.45, 2.75) is 32.0 Å². The minimum Gasteiger partial charge on any atom is -0.475 e. The molecule has 12 heteroatoms. The van der Waals surface area contributed by atoms with Crippen LogP contribution in [0.25, 0.3) is 10.6 Å². The zero-order valence-electron chi connectivity index (χ0n) is 15.4. The number of piperidine rings is 1. The summed E-state index contributed by atoms with van der Waals surface area (Å²) >= 11 is 1.38. The summed E-state index contributed by atoms with van der Waals surface area (Å²) in [5.74, 6) is -2.76. The van der Waals surface area contributed by atoms with Gasteiger partial charge in [-0.1, -0.05) is 35.6 Å². The summed E-state index contributed by atoms with van der Waals surface area (Å²) < 4.78 is 31.7. The molecule has 2 heterocycles. The maximum Gasteiger partial charge on any atom is 0.490 e. The lowest BCUT2D eigenvalue weighted by atomic mass is 10.1. The molecule has 158 valence electrons. The third-order valence-corrected chi connectivity index (χ3v) is 4.77. The number of aryl methyl sites for hydroxylation is 1. The largest absolute Gasteiger partial charge is 0.490 e. The maximum absolute atomic E-state index is 12.0. The molecule has 0 aliphatic carbocycles. The molecule has 1 aromatic carbocycles. The Morgan fingerprint density at radius 3 is 2.55 bits per heavy atom. The van der Waals surface area contributed by atoms with E-state index in [1.165, 1.54) is 11.3 Å². The van der Waals surface area contributed by atoms with Crippen LogP contribution in [0.4, 0.5) is 23.1 Å². The lowest BCUT2D eigenvalue weighted by Crippen LogP contribution is -2.47. The standard InChI is InChI=1S/C15H19N5OS.C2HF3O2/c1-10-5-2-3-7-12(10)13-19-20-15(22-13)18-14(21)17-11-6-4-8-16-9-11;3-2(4,5)1(6)7/h2-3,5,7,11,16H,4,6,8-9H2,1H3,(H2,17,18,20,21);(H,6,7). The highest BCUT2D eigenvalue weighted by atomic mass is 32.1. The van der Waals surface area contributed by atoms with Crippen LogP contribution in [0.5, 0.6) is 0 Å². The highest BCUT2D eigenvalue weighted by Crippen LogP contribution is 2.28. The summed E-state index contributed by atoms with van der Waals surface area (Å²) in [6, 6.07) is 7.96. The van der Waals surface area contributed by atoms with Crippen LogP contribution in [0.15, 0.2) is 24.3 Å². The van der Waals surface area contributed by atoms with Crippen LogP contribution in [0.1, 0.15) is 18.4 Å². The van der Waals surface area contributed by atoms with Crippen molar-refractivity contribution in [2.75, 3.05) is 18.4 Å². The van der Waals surface area contributed by atoms with Gasteiger partial charge < -0.3 is 15.7 Å². The number of carbonyl (C=O) groups excluding carboxylic acids is 1. The predicted molar refractivity (Wildman–Crippen MR) is 102 cm³/mol. The van der Waals surface area contributed by atoms with Crippen LogP contribution >= 0.6 is 11.3 Å². The van der Waals surface area contributed by atoms with Crippen molar-refractivity contribution < 1.29 is 27.9 Å². The first kappa shape index (κ1) is 22.6. The molecule has 2 aromatic rings. The number of halogens is 3. The lowest BCUT2D eigenvalue weighted by molar-refractivity contribution is -0.192. The first-order valence-electron chi connectivity index (χ1n) is 8.64. The van der Waals surface area contributed by atoms with Crippen molar-refractivity contribution >= 4 is 28.5 Å². The Labute approximate surface area is 168 Å². The Bertz CT molecular complexity index is 838. The number of amides is 2. The second-order valence-electron chi connectivity index (χ2n) is 6.17. The molecule has 0 saturated carbocycles. The molecule has 1 unspecified atom stereocenters. The van der Waals surface area contributed by atoms with E-state index in [1.807, 2.05) is 31.2 Å². The average molecular weight is 431 g/mol. The number of carboxylic acids is 1. The normalized spacial score (nSPS) is 16.3. The number of alkyl halides is 3.